The molecule has 1 radical (unpaired) electrons. The fourth-order valence-electron chi connectivity index (χ4n) is 1.01. The number of esters is 1. The molecule has 2 saturated heterocycles. The summed E-state index contributed by atoms with van der Waals surface area (Å²) in [7, 11) is -2.09. The molecule has 2 aliphatic rings. The van der Waals surface area contributed by atoms with Gasteiger partial charge in [0.1, 0.15) is 19.4 Å². The lowest BCUT2D eigenvalue weighted by molar-refractivity contribution is -0.157. The van der Waals surface area contributed by atoms with Gasteiger partial charge < -0.3 is 4.74 Å². The summed E-state index contributed by atoms with van der Waals surface area (Å²) in [4.78, 5) is 9.68. The third-order valence-electron chi connectivity index (χ3n) is 2.34. The maximum atomic E-state index is 12.2. The zero-order valence-corrected chi connectivity index (χ0v) is 10.2. The van der Waals surface area contributed by atoms with Crippen molar-refractivity contribution in [2.24, 2.45) is 5.41 Å². The van der Waals surface area contributed by atoms with E-state index in [9.17, 15) is 13.8 Å². The summed E-state index contributed by atoms with van der Waals surface area (Å²) in [5.41, 5.74) is -0.377. The first-order chi connectivity index (χ1) is 7.45. The molecular weight excluding hydrogens is 238 g/mol. The average Bonchev–Trinajstić information content (AvgIpc) is 2.19. The molecule has 0 N–H and O–H groups in total. The van der Waals surface area contributed by atoms with E-state index >= 15 is 0 Å². The van der Waals surface area contributed by atoms with Gasteiger partial charge in [0, 0.05) is 5.41 Å². The van der Waals surface area contributed by atoms with Crippen molar-refractivity contribution in [1.82, 2.24) is 0 Å². The number of hydrogen-bond donors (Lipinski definition) is 0. The zero-order valence-electron chi connectivity index (χ0n) is 9.27. The first-order valence-electron chi connectivity index (χ1n) is 4.94. The molecular formula is C9H15FO5P. The second-order valence-corrected chi connectivity index (χ2v) is 5.12. The van der Waals surface area contributed by atoms with Crippen molar-refractivity contribution in [2.75, 3.05) is 19.9 Å². The number of ether oxygens (including phenoxy) is 1. The summed E-state index contributed by atoms with van der Waals surface area (Å²) < 4.78 is 36.7. The smallest absolute Gasteiger partial charge is 0.369 e. The number of alkyl halides is 1. The second-order valence-electron chi connectivity index (χ2n) is 4.20. The Morgan fingerprint density at radius 3 is 2.44 bits per heavy atom. The highest BCUT2D eigenvalue weighted by Gasteiger charge is 2.37. The molecule has 0 saturated carbocycles. The molecule has 2 heterocycles. The highest BCUT2D eigenvalue weighted by atomic mass is 31.1. The molecule has 0 aromatic rings. The monoisotopic (exact) mass is 253 g/mol. The summed E-state index contributed by atoms with van der Waals surface area (Å²) in [6.45, 7) is 3.95. The Morgan fingerprint density at radius 2 is 2.12 bits per heavy atom. The molecule has 93 valence electrons. The van der Waals surface area contributed by atoms with Crippen molar-refractivity contribution >= 4 is 14.2 Å². The molecule has 0 spiro atoms. The normalized spacial score (nSPS) is 29.6. The van der Waals surface area contributed by atoms with Gasteiger partial charge in [-0.1, -0.05) is 13.8 Å². The van der Waals surface area contributed by atoms with Gasteiger partial charge in [0.25, 0.3) is 0 Å². The first-order valence-corrected chi connectivity index (χ1v) is 6.04. The van der Waals surface area contributed by atoms with Gasteiger partial charge in [-0.15, -0.1) is 0 Å². The van der Waals surface area contributed by atoms with Gasteiger partial charge >= 0.3 is 14.2 Å². The van der Waals surface area contributed by atoms with Crippen LogP contribution in [0, 0.1) is 5.41 Å². The lowest BCUT2D eigenvalue weighted by Crippen LogP contribution is -2.38. The number of carbonyl (C=O) groups is 1. The molecule has 7 heteroatoms. The van der Waals surface area contributed by atoms with E-state index in [2.05, 4.69) is 4.74 Å². The number of rotatable bonds is 1. The van der Waals surface area contributed by atoms with Crippen molar-refractivity contribution < 1.29 is 27.5 Å². The average molecular weight is 253 g/mol. The highest BCUT2D eigenvalue weighted by Crippen LogP contribution is 2.41. The fourth-order valence-corrected chi connectivity index (χ4v) is 2.06. The summed E-state index contributed by atoms with van der Waals surface area (Å²) >= 11 is 0. The number of halogens is 1. The van der Waals surface area contributed by atoms with E-state index in [1.165, 1.54) is 0 Å². The van der Waals surface area contributed by atoms with E-state index in [-0.39, 0.29) is 18.0 Å². The standard InChI is InChI=1S/C6H11FO3P.C3H4O2/c1-6(2)4-9-11(8)10-5(6)3-7;4-3-1-2-5-3/h5H,3-4H2,1-2H3;1-2H2. The Balaban J connectivity index is 0.000000212. The summed E-state index contributed by atoms with van der Waals surface area (Å²) in [5, 5.41) is 0. The van der Waals surface area contributed by atoms with Gasteiger partial charge in [-0.05, 0) is 0 Å². The van der Waals surface area contributed by atoms with Crippen molar-refractivity contribution in [3.05, 3.63) is 0 Å². The third kappa shape index (κ3) is 3.77. The molecule has 0 bridgehead atoms. The van der Waals surface area contributed by atoms with Crippen LogP contribution < -0.4 is 0 Å². The Morgan fingerprint density at radius 1 is 1.56 bits per heavy atom. The molecule has 2 fully saturated rings. The van der Waals surface area contributed by atoms with E-state index in [4.69, 9.17) is 9.05 Å². The quantitative estimate of drug-likeness (QED) is 0.528. The Hall–Kier alpha value is -0.580. The van der Waals surface area contributed by atoms with Crippen LogP contribution in [-0.2, 0) is 23.1 Å². The van der Waals surface area contributed by atoms with E-state index in [1.54, 1.807) is 0 Å². The van der Waals surface area contributed by atoms with Gasteiger partial charge in [-0.25, -0.2) is 8.96 Å². The van der Waals surface area contributed by atoms with Gasteiger partial charge in [0.2, 0.25) is 0 Å². The minimum atomic E-state index is -2.09. The van der Waals surface area contributed by atoms with Gasteiger partial charge in [0.15, 0.2) is 0 Å². The van der Waals surface area contributed by atoms with Crippen molar-refractivity contribution in [3.8, 4) is 0 Å². The first kappa shape index (κ1) is 13.5. The lowest BCUT2D eigenvalue weighted by Gasteiger charge is -2.34. The Bertz CT molecular complexity index is 275. The summed E-state index contributed by atoms with van der Waals surface area (Å²) in [6, 6.07) is 0. The number of cyclic esters (lactones) is 1. The molecule has 0 amide bonds. The van der Waals surface area contributed by atoms with Crippen molar-refractivity contribution in [2.45, 2.75) is 26.4 Å². The van der Waals surface area contributed by atoms with Gasteiger partial charge in [-0.3, -0.25) is 13.8 Å². The predicted molar refractivity (Wildman–Crippen MR) is 53.8 cm³/mol. The molecule has 2 rings (SSSR count). The van der Waals surface area contributed by atoms with Crippen molar-refractivity contribution in [1.29, 1.82) is 0 Å². The molecule has 2 aliphatic heterocycles. The maximum Gasteiger partial charge on any atom is 0.369 e. The third-order valence-corrected chi connectivity index (χ3v) is 3.10. The van der Waals surface area contributed by atoms with E-state index in [1.807, 2.05) is 13.8 Å². The summed E-state index contributed by atoms with van der Waals surface area (Å²) in [6.07, 6.45) is 0.0276. The maximum absolute atomic E-state index is 12.2. The topological polar surface area (TPSA) is 61.8 Å². The van der Waals surface area contributed by atoms with Crippen LogP contribution in [0.2, 0.25) is 0 Å². The van der Waals surface area contributed by atoms with Crippen LogP contribution in [0.5, 0.6) is 0 Å². The molecule has 0 aliphatic carbocycles. The van der Waals surface area contributed by atoms with Crippen LogP contribution >= 0.6 is 8.25 Å². The van der Waals surface area contributed by atoms with Gasteiger partial charge in [0.05, 0.1) is 13.0 Å². The molecule has 2 atom stereocenters. The molecule has 2 unspecified atom stereocenters. The number of hydrogen-bond acceptors (Lipinski definition) is 5. The minimum Gasteiger partial charge on any atom is -0.465 e. The molecule has 0 aromatic heterocycles. The van der Waals surface area contributed by atoms with E-state index in [0.29, 0.717) is 13.0 Å². The largest absolute Gasteiger partial charge is 0.465 e. The predicted octanol–water partition coefficient (Wildman–Crippen LogP) is 1.99. The highest BCUT2D eigenvalue weighted by molar-refractivity contribution is 7.33. The number of carbonyl (C=O) groups excluding carboxylic acids is 1. The Labute approximate surface area is 94.2 Å². The van der Waals surface area contributed by atoms with Crippen LogP contribution in [0.25, 0.3) is 0 Å². The SMILES string of the molecule is CC1(C)CO[P](=O)OC1CF.O=C1CCO1. The summed E-state index contributed by atoms with van der Waals surface area (Å²) in [5.74, 6) is -0.0648. The van der Waals surface area contributed by atoms with Gasteiger partial charge in [-0.2, -0.15) is 0 Å². The lowest BCUT2D eigenvalue weighted by atomic mass is 9.88. The van der Waals surface area contributed by atoms with E-state index < -0.39 is 21.0 Å². The van der Waals surface area contributed by atoms with Crippen LogP contribution in [0.1, 0.15) is 20.3 Å². The fraction of sp³-hybridized carbons (Fsp3) is 0.889. The second kappa shape index (κ2) is 5.66. The van der Waals surface area contributed by atoms with Crippen LogP contribution in [0.4, 0.5) is 4.39 Å². The molecule has 0 aromatic carbocycles. The molecule has 5 nitrogen and oxygen atoms in total. The molecule has 16 heavy (non-hydrogen) atoms. The zero-order chi connectivity index (χ0) is 12.2. The van der Waals surface area contributed by atoms with Crippen LogP contribution in [-0.4, -0.2) is 32.0 Å². The van der Waals surface area contributed by atoms with Crippen LogP contribution in [0.15, 0.2) is 0 Å². The minimum absolute atomic E-state index is 0.0648. The van der Waals surface area contributed by atoms with Crippen molar-refractivity contribution in [3.63, 3.8) is 0 Å². The van der Waals surface area contributed by atoms with Crippen LogP contribution in [0.3, 0.4) is 0 Å². The van der Waals surface area contributed by atoms with E-state index in [0.717, 1.165) is 0 Å². The Kier molecular flexibility index (Phi) is 4.77.